The highest BCUT2D eigenvalue weighted by atomic mass is 16.4. The van der Waals surface area contributed by atoms with E-state index < -0.39 is 35.9 Å². The molecule has 32 heavy (non-hydrogen) atoms. The second-order valence-electron chi connectivity index (χ2n) is 6.77. The van der Waals surface area contributed by atoms with Crippen molar-refractivity contribution in [2.75, 3.05) is 11.1 Å². The highest BCUT2D eigenvalue weighted by Gasteiger charge is 2.23. The third-order valence-electron chi connectivity index (χ3n) is 4.42. The molecule has 0 aliphatic rings. The van der Waals surface area contributed by atoms with Gasteiger partial charge in [0.05, 0.1) is 24.4 Å². The van der Waals surface area contributed by atoms with Gasteiger partial charge in [0.25, 0.3) is 11.5 Å². The van der Waals surface area contributed by atoms with Gasteiger partial charge in [-0.3, -0.25) is 19.4 Å². The van der Waals surface area contributed by atoms with E-state index in [0.29, 0.717) is 17.1 Å². The van der Waals surface area contributed by atoms with Crippen molar-refractivity contribution in [3.05, 3.63) is 51.6 Å². The van der Waals surface area contributed by atoms with Gasteiger partial charge >= 0.3 is 11.9 Å². The highest BCUT2D eigenvalue weighted by Crippen LogP contribution is 2.14. The van der Waals surface area contributed by atoms with Crippen molar-refractivity contribution in [3.63, 3.8) is 0 Å². The number of aromatic nitrogens is 4. The summed E-state index contributed by atoms with van der Waals surface area (Å²) in [6.45, 7) is 1.94. The maximum absolute atomic E-state index is 12.2. The largest absolute Gasteiger partial charge is 0.481 e. The Balaban J connectivity index is 1.69. The van der Waals surface area contributed by atoms with Crippen LogP contribution in [0.2, 0.25) is 0 Å². The molecule has 0 radical (unpaired) electrons. The van der Waals surface area contributed by atoms with E-state index >= 15 is 0 Å². The van der Waals surface area contributed by atoms with Crippen molar-refractivity contribution in [1.82, 2.24) is 25.3 Å². The Morgan fingerprint density at radius 3 is 2.44 bits per heavy atom. The zero-order chi connectivity index (χ0) is 23.4. The van der Waals surface area contributed by atoms with Gasteiger partial charge in [0, 0.05) is 11.3 Å². The fraction of sp³-hybridized carbons (Fsp3) is 0.211. The fourth-order valence-electron chi connectivity index (χ4n) is 2.80. The molecule has 7 N–H and O–H groups in total. The van der Waals surface area contributed by atoms with Crippen LogP contribution in [0.15, 0.2) is 29.1 Å². The lowest BCUT2D eigenvalue weighted by Gasteiger charge is -2.13. The molecule has 3 aromatic rings. The van der Waals surface area contributed by atoms with Crippen LogP contribution in [0, 0.1) is 6.92 Å². The summed E-state index contributed by atoms with van der Waals surface area (Å²) >= 11 is 0. The molecular formula is C19H19N7O6. The predicted molar refractivity (Wildman–Crippen MR) is 112 cm³/mol. The van der Waals surface area contributed by atoms with Crippen LogP contribution in [0.5, 0.6) is 0 Å². The van der Waals surface area contributed by atoms with Crippen molar-refractivity contribution in [2.24, 2.45) is 0 Å². The number of nitrogens with zero attached hydrogens (tertiary/aromatic N) is 3. The SMILES string of the molecule is Cc1nc2nc(N)[nH]c(=O)c2nc1CNc1ccc(C(=O)N[C@@H](CC(=O)O)C(=O)O)cc1. The number of aryl methyl sites for hydroxylation is 1. The Kier molecular flexibility index (Phi) is 6.28. The Hall–Kier alpha value is -4.55. The summed E-state index contributed by atoms with van der Waals surface area (Å²) in [5.74, 6) is -3.55. The molecule has 1 atom stereocenters. The van der Waals surface area contributed by atoms with Crippen LogP contribution < -0.4 is 21.9 Å². The molecule has 0 unspecified atom stereocenters. The smallest absolute Gasteiger partial charge is 0.326 e. The summed E-state index contributed by atoms with van der Waals surface area (Å²) in [5.41, 5.74) is 7.05. The number of carbonyl (C=O) groups excluding carboxylic acids is 1. The number of carboxylic acids is 2. The van der Waals surface area contributed by atoms with E-state index in [2.05, 4.69) is 30.6 Å². The third kappa shape index (κ3) is 5.13. The maximum Gasteiger partial charge on any atom is 0.326 e. The Morgan fingerprint density at radius 1 is 1.12 bits per heavy atom. The van der Waals surface area contributed by atoms with E-state index in [9.17, 15) is 19.2 Å². The Labute approximate surface area is 179 Å². The average molecular weight is 441 g/mol. The second-order valence-corrected chi connectivity index (χ2v) is 6.77. The number of nitrogens with two attached hydrogens (primary N) is 1. The van der Waals surface area contributed by atoms with Crippen LogP contribution >= 0.6 is 0 Å². The minimum atomic E-state index is -1.54. The minimum Gasteiger partial charge on any atom is -0.481 e. The van der Waals surface area contributed by atoms with Crippen molar-refractivity contribution in [3.8, 4) is 0 Å². The molecule has 0 aliphatic carbocycles. The van der Waals surface area contributed by atoms with Gasteiger partial charge in [0.15, 0.2) is 11.2 Å². The molecule has 13 heteroatoms. The number of hydrogen-bond acceptors (Lipinski definition) is 9. The minimum absolute atomic E-state index is 0.0520. The first kappa shape index (κ1) is 22.1. The third-order valence-corrected chi connectivity index (χ3v) is 4.42. The molecule has 13 nitrogen and oxygen atoms in total. The Bertz CT molecular complexity index is 1260. The fourth-order valence-corrected chi connectivity index (χ4v) is 2.80. The first-order chi connectivity index (χ1) is 15.1. The molecule has 0 spiro atoms. The number of aliphatic carboxylic acids is 2. The lowest BCUT2D eigenvalue weighted by molar-refractivity contribution is -0.145. The molecule has 3 rings (SSSR count). The van der Waals surface area contributed by atoms with Crippen LogP contribution in [0.4, 0.5) is 11.6 Å². The van der Waals surface area contributed by atoms with Gasteiger partial charge in [-0.05, 0) is 31.2 Å². The second kappa shape index (κ2) is 9.07. The average Bonchev–Trinajstić information content (AvgIpc) is 2.71. The van der Waals surface area contributed by atoms with Gasteiger partial charge in [-0.15, -0.1) is 0 Å². The normalized spacial score (nSPS) is 11.7. The number of rotatable bonds is 8. The quantitative estimate of drug-likeness (QED) is 0.271. The highest BCUT2D eigenvalue weighted by molar-refractivity contribution is 5.97. The zero-order valence-corrected chi connectivity index (χ0v) is 16.7. The number of H-pyrrole nitrogens is 1. The van der Waals surface area contributed by atoms with Crippen LogP contribution in [-0.4, -0.2) is 54.0 Å². The number of nitrogen functional groups attached to an aromatic ring is 1. The van der Waals surface area contributed by atoms with Gasteiger partial charge < -0.3 is 26.6 Å². The molecule has 166 valence electrons. The number of fused-ring (bicyclic) bond motifs is 1. The first-order valence-electron chi connectivity index (χ1n) is 9.26. The molecule has 0 aliphatic heterocycles. The van der Waals surface area contributed by atoms with Crippen LogP contribution in [-0.2, 0) is 16.1 Å². The summed E-state index contributed by atoms with van der Waals surface area (Å²) in [6.07, 6.45) is -0.738. The lowest BCUT2D eigenvalue weighted by atomic mass is 10.1. The van der Waals surface area contributed by atoms with E-state index in [4.69, 9.17) is 15.9 Å². The molecule has 0 saturated carbocycles. The standard InChI is InChI=1S/C19H19N7O6/c1-8-12(23-14-15(22-8)25-19(20)26-17(14)30)7-21-10-4-2-9(3-5-10)16(29)24-11(18(31)32)6-13(27)28/h2-5,11,21H,6-7H2,1H3,(H,24,29)(H,27,28)(H,31,32)(H3,20,22,25,26,30)/t11-/m0/s1. The summed E-state index contributed by atoms with van der Waals surface area (Å²) < 4.78 is 0. The van der Waals surface area contributed by atoms with Crippen LogP contribution in [0.25, 0.3) is 11.2 Å². The molecule has 1 amide bonds. The number of amides is 1. The van der Waals surface area contributed by atoms with E-state index in [0.717, 1.165) is 0 Å². The van der Waals surface area contributed by atoms with Gasteiger partial charge in [0.2, 0.25) is 5.95 Å². The number of carbonyl (C=O) groups is 3. The van der Waals surface area contributed by atoms with Crippen molar-refractivity contribution in [2.45, 2.75) is 25.9 Å². The van der Waals surface area contributed by atoms with Crippen molar-refractivity contribution < 1.29 is 24.6 Å². The van der Waals surface area contributed by atoms with Crippen molar-refractivity contribution >= 4 is 40.6 Å². The topological polar surface area (TPSA) is 213 Å². The summed E-state index contributed by atoms with van der Waals surface area (Å²) in [4.78, 5) is 60.9. The zero-order valence-electron chi connectivity index (χ0n) is 16.7. The van der Waals surface area contributed by atoms with E-state index in [1.54, 1.807) is 19.1 Å². The molecular weight excluding hydrogens is 422 g/mol. The number of carboxylic acid groups (broad SMARTS) is 2. The van der Waals surface area contributed by atoms with Gasteiger partial charge in [0.1, 0.15) is 6.04 Å². The monoisotopic (exact) mass is 441 g/mol. The van der Waals surface area contributed by atoms with E-state index in [1.165, 1.54) is 12.1 Å². The molecule has 0 saturated heterocycles. The number of benzene rings is 1. The van der Waals surface area contributed by atoms with Gasteiger partial charge in [-0.1, -0.05) is 0 Å². The molecule has 0 bridgehead atoms. The predicted octanol–water partition coefficient (Wildman–Crippen LogP) is -0.126. The number of hydrogen-bond donors (Lipinski definition) is 6. The maximum atomic E-state index is 12.2. The summed E-state index contributed by atoms with van der Waals surface area (Å²) in [7, 11) is 0. The number of nitrogens with one attached hydrogen (secondary N) is 3. The molecule has 2 heterocycles. The molecule has 0 fully saturated rings. The Morgan fingerprint density at radius 2 is 1.81 bits per heavy atom. The van der Waals surface area contributed by atoms with E-state index in [1.807, 2.05) is 0 Å². The van der Waals surface area contributed by atoms with Gasteiger partial charge in [-0.25, -0.2) is 14.8 Å². The van der Waals surface area contributed by atoms with Crippen molar-refractivity contribution in [1.29, 1.82) is 0 Å². The summed E-state index contributed by atoms with van der Waals surface area (Å²) in [5, 5.41) is 23.0. The molecule has 1 aromatic carbocycles. The van der Waals surface area contributed by atoms with Crippen LogP contribution in [0.1, 0.15) is 28.2 Å². The summed E-state index contributed by atoms with van der Waals surface area (Å²) in [6, 6.07) is 4.53. The molecule has 2 aromatic heterocycles. The van der Waals surface area contributed by atoms with Crippen LogP contribution in [0.3, 0.4) is 0 Å². The lowest BCUT2D eigenvalue weighted by Crippen LogP contribution is -2.42. The first-order valence-corrected chi connectivity index (χ1v) is 9.26. The number of anilines is 2. The number of aromatic amines is 1. The van der Waals surface area contributed by atoms with Gasteiger partial charge in [-0.2, -0.15) is 4.98 Å². The van der Waals surface area contributed by atoms with E-state index in [-0.39, 0.29) is 29.2 Å².